The Labute approximate surface area is 181 Å². The number of halogens is 1. The molecule has 2 aromatic carbocycles. The highest BCUT2D eigenvalue weighted by atomic mass is 79.9. The Hall–Kier alpha value is -2.90. The van der Waals surface area contributed by atoms with Crippen LogP contribution in [0.1, 0.15) is 34.1 Å². The van der Waals surface area contributed by atoms with Gasteiger partial charge in [-0.15, -0.1) is 0 Å². The SMILES string of the molecule is C=CCOc1ccc(C2c3c(oc4ccc(Br)cc4c3=O)C(=O)N2CCCO)cc1. The van der Waals surface area contributed by atoms with Gasteiger partial charge in [0, 0.05) is 17.6 Å². The lowest BCUT2D eigenvalue weighted by atomic mass is 9.98. The molecule has 0 saturated heterocycles. The van der Waals surface area contributed by atoms with Crippen LogP contribution < -0.4 is 10.2 Å². The van der Waals surface area contributed by atoms with Gasteiger partial charge in [0.05, 0.1) is 17.0 Å². The lowest BCUT2D eigenvalue weighted by Gasteiger charge is -2.25. The zero-order valence-electron chi connectivity index (χ0n) is 16.1. The van der Waals surface area contributed by atoms with E-state index in [2.05, 4.69) is 22.5 Å². The summed E-state index contributed by atoms with van der Waals surface area (Å²) in [6, 6.07) is 11.8. The zero-order chi connectivity index (χ0) is 21.3. The lowest BCUT2D eigenvalue weighted by molar-refractivity contribution is 0.0716. The summed E-state index contributed by atoms with van der Waals surface area (Å²) in [5.41, 5.74) is 1.23. The molecule has 4 rings (SSSR count). The molecule has 0 radical (unpaired) electrons. The maximum absolute atomic E-state index is 13.4. The molecular formula is C23H20BrNO5. The number of hydrogen-bond acceptors (Lipinski definition) is 5. The average molecular weight is 470 g/mol. The number of nitrogens with zero attached hydrogens (tertiary/aromatic N) is 1. The molecule has 6 nitrogen and oxygen atoms in total. The van der Waals surface area contributed by atoms with Gasteiger partial charge in [-0.3, -0.25) is 9.59 Å². The first-order valence-corrected chi connectivity index (χ1v) is 10.4. The Kier molecular flexibility index (Phi) is 5.74. The number of ether oxygens (including phenoxy) is 1. The molecule has 3 aromatic rings. The third kappa shape index (κ3) is 3.55. The summed E-state index contributed by atoms with van der Waals surface area (Å²) in [7, 11) is 0. The van der Waals surface area contributed by atoms with E-state index in [1.807, 2.05) is 12.1 Å². The van der Waals surface area contributed by atoms with E-state index >= 15 is 0 Å². The predicted octanol–water partition coefficient (Wildman–Crippen LogP) is 4.05. The normalized spacial score (nSPS) is 15.5. The van der Waals surface area contributed by atoms with Crippen LogP contribution in [0.5, 0.6) is 5.75 Å². The number of carbonyl (C=O) groups excluding carboxylic acids is 1. The van der Waals surface area contributed by atoms with Gasteiger partial charge in [0.25, 0.3) is 5.91 Å². The van der Waals surface area contributed by atoms with Crippen LogP contribution in [0.3, 0.4) is 0 Å². The highest BCUT2D eigenvalue weighted by molar-refractivity contribution is 9.10. The summed E-state index contributed by atoms with van der Waals surface area (Å²) in [6.07, 6.45) is 2.06. The minimum Gasteiger partial charge on any atom is -0.490 e. The number of fused-ring (bicyclic) bond motifs is 2. The van der Waals surface area contributed by atoms with E-state index in [4.69, 9.17) is 9.15 Å². The first kappa shape index (κ1) is 20.4. The Balaban J connectivity index is 1.86. The Morgan fingerprint density at radius 1 is 1.20 bits per heavy atom. The summed E-state index contributed by atoms with van der Waals surface area (Å²) in [5.74, 6) is 0.377. The number of hydrogen-bond donors (Lipinski definition) is 1. The van der Waals surface area contributed by atoms with E-state index in [9.17, 15) is 14.7 Å². The predicted molar refractivity (Wildman–Crippen MR) is 117 cm³/mol. The minimum absolute atomic E-state index is 0.0581. The highest BCUT2D eigenvalue weighted by Gasteiger charge is 2.42. The van der Waals surface area contributed by atoms with Crippen LogP contribution in [0.2, 0.25) is 0 Å². The number of amides is 1. The summed E-state index contributed by atoms with van der Waals surface area (Å²) >= 11 is 3.39. The van der Waals surface area contributed by atoms with Crippen molar-refractivity contribution in [1.82, 2.24) is 4.90 Å². The molecule has 1 aliphatic rings. The van der Waals surface area contributed by atoms with Gasteiger partial charge >= 0.3 is 0 Å². The molecule has 7 heteroatoms. The molecule has 1 unspecified atom stereocenters. The van der Waals surface area contributed by atoms with Crippen LogP contribution in [-0.4, -0.2) is 35.7 Å². The average Bonchev–Trinajstić information content (AvgIpc) is 3.03. The van der Waals surface area contributed by atoms with Gasteiger partial charge < -0.3 is 19.2 Å². The molecule has 0 spiro atoms. The van der Waals surface area contributed by atoms with Crippen molar-refractivity contribution in [2.45, 2.75) is 12.5 Å². The molecule has 154 valence electrons. The van der Waals surface area contributed by atoms with E-state index in [1.54, 1.807) is 41.3 Å². The van der Waals surface area contributed by atoms with Crippen LogP contribution >= 0.6 is 15.9 Å². The van der Waals surface area contributed by atoms with Gasteiger partial charge in [0.1, 0.15) is 17.9 Å². The number of aliphatic hydroxyl groups excluding tert-OH is 1. The maximum atomic E-state index is 13.4. The van der Waals surface area contributed by atoms with Crippen LogP contribution in [0, 0.1) is 0 Å². The molecular weight excluding hydrogens is 450 g/mol. The smallest absolute Gasteiger partial charge is 0.290 e. The van der Waals surface area contributed by atoms with E-state index < -0.39 is 6.04 Å². The van der Waals surface area contributed by atoms with Gasteiger partial charge in [0.15, 0.2) is 5.43 Å². The molecule has 2 heterocycles. The topological polar surface area (TPSA) is 80.0 Å². The van der Waals surface area contributed by atoms with Crippen molar-refractivity contribution in [1.29, 1.82) is 0 Å². The van der Waals surface area contributed by atoms with Crippen molar-refractivity contribution in [2.24, 2.45) is 0 Å². The van der Waals surface area contributed by atoms with Crippen molar-refractivity contribution in [3.05, 3.63) is 86.7 Å². The van der Waals surface area contributed by atoms with Crippen molar-refractivity contribution >= 4 is 32.8 Å². The van der Waals surface area contributed by atoms with Crippen LogP contribution in [-0.2, 0) is 0 Å². The number of rotatable bonds is 7. The van der Waals surface area contributed by atoms with E-state index in [0.717, 1.165) is 10.0 Å². The highest BCUT2D eigenvalue weighted by Crippen LogP contribution is 2.38. The van der Waals surface area contributed by atoms with Gasteiger partial charge in [-0.05, 0) is 42.3 Å². The zero-order valence-corrected chi connectivity index (χ0v) is 17.7. The molecule has 0 bridgehead atoms. The summed E-state index contributed by atoms with van der Waals surface area (Å²) in [5, 5.41) is 9.70. The second-order valence-electron chi connectivity index (χ2n) is 6.96. The van der Waals surface area contributed by atoms with E-state index in [-0.39, 0.29) is 23.7 Å². The fourth-order valence-electron chi connectivity index (χ4n) is 3.71. The maximum Gasteiger partial charge on any atom is 0.290 e. The molecule has 0 saturated carbocycles. The van der Waals surface area contributed by atoms with Crippen molar-refractivity contribution in [2.75, 3.05) is 19.8 Å². The molecule has 1 aromatic heterocycles. The Morgan fingerprint density at radius 2 is 1.97 bits per heavy atom. The summed E-state index contributed by atoms with van der Waals surface area (Å²) in [4.78, 5) is 28.1. The van der Waals surface area contributed by atoms with Gasteiger partial charge in [-0.2, -0.15) is 0 Å². The van der Waals surface area contributed by atoms with Gasteiger partial charge in [0.2, 0.25) is 5.76 Å². The summed E-state index contributed by atoms with van der Waals surface area (Å²) in [6.45, 7) is 4.26. The monoisotopic (exact) mass is 469 g/mol. The summed E-state index contributed by atoms with van der Waals surface area (Å²) < 4.78 is 12.2. The third-order valence-electron chi connectivity index (χ3n) is 5.05. The second kappa shape index (κ2) is 8.45. The second-order valence-corrected chi connectivity index (χ2v) is 7.88. The third-order valence-corrected chi connectivity index (χ3v) is 5.54. The number of carbonyl (C=O) groups is 1. The standard InChI is InChI=1S/C23H20BrNO5/c1-2-12-29-16-7-4-14(5-8-16)20-19-21(27)17-13-15(24)6-9-18(17)30-22(19)23(28)25(20)10-3-11-26/h2,4-9,13,20,26H,1,3,10-12H2. The molecule has 1 amide bonds. The van der Waals surface area contributed by atoms with Crippen molar-refractivity contribution in [3.8, 4) is 5.75 Å². The van der Waals surface area contributed by atoms with Crippen molar-refractivity contribution < 1.29 is 19.1 Å². The largest absolute Gasteiger partial charge is 0.490 e. The first-order chi connectivity index (χ1) is 14.5. The quantitative estimate of drug-likeness (QED) is 0.528. The number of aliphatic hydroxyl groups is 1. The minimum atomic E-state index is -0.591. The Morgan fingerprint density at radius 3 is 2.67 bits per heavy atom. The fourth-order valence-corrected chi connectivity index (χ4v) is 4.07. The van der Waals surface area contributed by atoms with Crippen LogP contribution in [0.15, 0.2) is 68.8 Å². The molecule has 0 aliphatic carbocycles. The van der Waals surface area contributed by atoms with E-state index in [1.165, 1.54) is 0 Å². The van der Waals surface area contributed by atoms with Crippen LogP contribution in [0.4, 0.5) is 0 Å². The number of benzene rings is 2. The molecule has 1 atom stereocenters. The molecule has 30 heavy (non-hydrogen) atoms. The van der Waals surface area contributed by atoms with Gasteiger partial charge in [-0.25, -0.2) is 0 Å². The fraction of sp³-hybridized carbons (Fsp3) is 0.217. The lowest BCUT2D eigenvalue weighted by Crippen LogP contribution is -2.31. The van der Waals surface area contributed by atoms with E-state index in [0.29, 0.717) is 41.9 Å². The van der Waals surface area contributed by atoms with Crippen LogP contribution in [0.25, 0.3) is 11.0 Å². The van der Waals surface area contributed by atoms with Crippen molar-refractivity contribution in [3.63, 3.8) is 0 Å². The molecule has 0 fully saturated rings. The van der Waals surface area contributed by atoms with Gasteiger partial charge in [-0.1, -0.05) is 40.7 Å². The molecule has 1 N–H and O–H groups in total. The first-order valence-electron chi connectivity index (χ1n) is 9.57. The molecule has 1 aliphatic heterocycles. The Bertz CT molecular complexity index is 1170.